The van der Waals surface area contributed by atoms with Crippen molar-refractivity contribution in [2.75, 3.05) is 0 Å². The fourth-order valence-electron chi connectivity index (χ4n) is 2.36. The molecule has 0 aliphatic rings. The van der Waals surface area contributed by atoms with Crippen LogP contribution in [0.2, 0.25) is 0 Å². The lowest BCUT2D eigenvalue weighted by molar-refractivity contribution is 0.638. The zero-order chi connectivity index (χ0) is 13.4. The van der Waals surface area contributed by atoms with E-state index in [2.05, 4.69) is 4.98 Å². The molecule has 3 rings (SSSR count). The standard InChI is InChI=1S/C17H14FN/c1-11-5-3-7-13(9-11)16-10-14(18)17-12(2)6-4-8-15(17)19-16/h3-10H,1-2H3. The van der Waals surface area contributed by atoms with Gasteiger partial charge in [0.05, 0.1) is 11.2 Å². The number of benzene rings is 2. The second kappa shape index (κ2) is 4.47. The molecule has 0 aliphatic heterocycles. The van der Waals surface area contributed by atoms with Gasteiger partial charge >= 0.3 is 0 Å². The second-order valence-corrected chi connectivity index (χ2v) is 4.83. The average Bonchev–Trinajstić information content (AvgIpc) is 2.38. The predicted octanol–water partition coefficient (Wildman–Crippen LogP) is 4.66. The summed E-state index contributed by atoms with van der Waals surface area (Å²) in [5.74, 6) is -0.209. The Morgan fingerprint density at radius 3 is 2.53 bits per heavy atom. The van der Waals surface area contributed by atoms with Crippen LogP contribution in [0.4, 0.5) is 4.39 Å². The first-order chi connectivity index (χ1) is 9.15. The molecule has 0 spiro atoms. The van der Waals surface area contributed by atoms with E-state index in [1.165, 1.54) is 6.07 Å². The lowest BCUT2D eigenvalue weighted by Gasteiger charge is -2.07. The number of hydrogen-bond donors (Lipinski definition) is 0. The van der Waals surface area contributed by atoms with E-state index in [1.807, 2.05) is 56.3 Å². The molecule has 0 aliphatic carbocycles. The molecular weight excluding hydrogens is 237 g/mol. The van der Waals surface area contributed by atoms with Crippen molar-refractivity contribution in [3.8, 4) is 11.3 Å². The van der Waals surface area contributed by atoms with Gasteiger partial charge < -0.3 is 0 Å². The molecule has 0 radical (unpaired) electrons. The highest BCUT2D eigenvalue weighted by molar-refractivity contribution is 5.85. The number of fused-ring (bicyclic) bond motifs is 1. The van der Waals surface area contributed by atoms with Crippen LogP contribution in [-0.2, 0) is 0 Å². The van der Waals surface area contributed by atoms with Crippen molar-refractivity contribution in [2.24, 2.45) is 0 Å². The smallest absolute Gasteiger partial charge is 0.135 e. The zero-order valence-corrected chi connectivity index (χ0v) is 10.9. The van der Waals surface area contributed by atoms with Gasteiger partial charge in [-0.25, -0.2) is 9.37 Å². The third kappa shape index (κ3) is 2.10. The highest BCUT2D eigenvalue weighted by atomic mass is 19.1. The third-order valence-corrected chi connectivity index (χ3v) is 3.31. The summed E-state index contributed by atoms with van der Waals surface area (Å²) < 4.78 is 14.3. The van der Waals surface area contributed by atoms with Crippen molar-refractivity contribution in [3.05, 3.63) is 65.5 Å². The first-order valence-electron chi connectivity index (χ1n) is 6.28. The summed E-state index contributed by atoms with van der Waals surface area (Å²) >= 11 is 0. The van der Waals surface area contributed by atoms with E-state index in [1.54, 1.807) is 0 Å². The van der Waals surface area contributed by atoms with Crippen molar-refractivity contribution >= 4 is 10.9 Å². The Morgan fingerprint density at radius 2 is 1.74 bits per heavy atom. The normalized spacial score (nSPS) is 10.9. The van der Waals surface area contributed by atoms with E-state index in [-0.39, 0.29) is 5.82 Å². The number of aryl methyl sites for hydroxylation is 2. The minimum atomic E-state index is -0.209. The summed E-state index contributed by atoms with van der Waals surface area (Å²) in [6, 6.07) is 15.1. The van der Waals surface area contributed by atoms with Crippen LogP contribution >= 0.6 is 0 Å². The highest BCUT2D eigenvalue weighted by Gasteiger charge is 2.09. The number of nitrogens with zero attached hydrogens (tertiary/aromatic N) is 1. The molecule has 1 heterocycles. The van der Waals surface area contributed by atoms with E-state index in [0.29, 0.717) is 16.6 Å². The van der Waals surface area contributed by atoms with Gasteiger partial charge in [-0.2, -0.15) is 0 Å². The topological polar surface area (TPSA) is 12.9 Å². The van der Waals surface area contributed by atoms with Crippen molar-refractivity contribution in [1.82, 2.24) is 4.98 Å². The van der Waals surface area contributed by atoms with Crippen LogP contribution in [0.3, 0.4) is 0 Å². The summed E-state index contributed by atoms with van der Waals surface area (Å²) in [5.41, 5.74) is 4.39. The molecule has 0 fully saturated rings. The quantitative estimate of drug-likeness (QED) is 0.613. The molecule has 3 aromatic rings. The van der Waals surface area contributed by atoms with Crippen molar-refractivity contribution in [1.29, 1.82) is 0 Å². The summed E-state index contributed by atoms with van der Waals surface area (Å²) in [7, 11) is 0. The number of hydrogen-bond acceptors (Lipinski definition) is 1. The highest BCUT2D eigenvalue weighted by Crippen LogP contribution is 2.26. The molecular formula is C17H14FN. The van der Waals surface area contributed by atoms with Crippen LogP contribution in [0.1, 0.15) is 11.1 Å². The largest absolute Gasteiger partial charge is 0.248 e. The molecule has 0 saturated carbocycles. The van der Waals surface area contributed by atoms with Gasteiger partial charge in [0.1, 0.15) is 5.82 Å². The van der Waals surface area contributed by atoms with Crippen molar-refractivity contribution < 1.29 is 4.39 Å². The average molecular weight is 251 g/mol. The van der Waals surface area contributed by atoms with Crippen LogP contribution in [0.5, 0.6) is 0 Å². The van der Waals surface area contributed by atoms with E-state index >= 15 is 0 Å². The van der Waals surface area contributed by atoms with Crippen molar-refractivity contribution in [2.45, 2.75) is 13.8 Å². The minimum Gasteiger partial charge on any atom is -0.248 e. The van der Waals surface area contributed by atoms with E-state index in [0.717, 1.165) is 16.7 Å². The fraction of sp³-hybridized carbons (Fsp3) is 0.118. The molecule has 1 aromatic heterocycles. The molecule has 0 atom stereocenters. The zero-order valence-electron chi connectivity index (χ0n) is 10.9. The monoisotopic (exact) mass is 251 g/mol. The lowest BCUT2D eigenvalue weighted by Crippen LogP contribution is -1.91. The Labute approximate surface area is 111 Å². The van der Waals surface area contributed by atoms with Gasteiger partial charge in [0.2, 0.25) is 0 Å². The van der Waals surface area contributed by atoms with Crippen LogP contribution in [0.15, 0.2) is 48.5 Å². The number of halogens is 1. The molecule has 19 heavy (non-hydrogen) atoms. The molecule has 94 valence electrons. The van der Waals surface area contributed by atoms with Gasteiger partial charge in [-0.3, -0.25) is 0 Å². The first-order valence-corrected chi connectivity index (χ1v) is 6.28. The maximum Gasteiger partial charge on any atom is 0.135 e. The molecule has 2 heteroatoms. The SMILES string of the molecule is Cc1cccc(-c2cc(F)c3c(C)cccc3n2)c1. The van der Waals surface area contributed by atoms with Gasteiger partial charge in [-0.05, 0) is 31.5 Å². The van der Waals surface area contributed by atoms with Crippen LogP contribution in [0, 0.1) is 19.7 Å². The molecule has 0 N–H and O–H groups in total. The summed E-state index contributed by atoms with van der Waals surface area (Å²) in [5, 5.41) is 0.610. The maximum atomic E-state index is 14.3. The Hall–Kier alpha value is -2.22. The number of aromatic nitrogens is 1. The van der Waals surface area contributed by atoms with E-state index in [9.17, 15) is 4.39 Å². The molecule has 2 aromatic carbocycles. The van der Waals surface area contributed by atoms with Gasteiger partial charge in [0.25, 0.3) is 0 Å². The van der Waals surface area contributed by atoms with Gasteiger partial charge in [-0.15, -0.1) is 0 Å². The van der Waals surface area contributed by atoms with Gasteiger partial charge in [0, 0.05) is 17.0 Å². The second-order valence-electron chi connectivity index (χ2n) is 4.83. The fourth-order valence-corrected chi connectivity index (χ4v) is 2.36. The van der Waals surface area contributed by atoms with Gasteiger partial charge in [0.15, 0.2) is 0 Å². The van der Waals surface area contributed by atoms with E-state index < -0.39 is 0 Å². The van der Waals surface area contributed by atoms with Gasteiger partial charge in [-0.1, -0.05) is 35.9 Å². The Morgan fingerprint density at radius 1 is 0.947 bits per heavy atom. The summed E-state index contributed by atoms with van der Waals surface area (Å²) in [6.07, 6.45) is 0. The summed E-state index contributed by atoms with van der Waals surface area (Å²) in [4.78, 5) is 4.57. The van der Waals surface area contributed by atoms with E-state index in [4.69, 9.17) is 0 Å². The number of rotatable bonds is 1. The third-order valence-electron chi connectivity index (χ3n) is 3.31. The predicted molar refractivity (Wildman–Crippen MR) is 76.6 cm³/mol. The molecule has 0 unspecified atom stereocenters. The molecule has 0 amide bonds. The van der Waals surface area contributed by atoms with Crippen molar-refractivity contribution in [3.63, 3.8) is 0 Å². The first kappa shape index (κ1) is 11.8. The Kier molecular flexibility index (Phi) is 2.79. The Bertz CT molecular complexity index is 762. The van der Waals surface area contributed by atoms with Crippen LogP contribution in [-0.4, -0.2) is 4.98 Å². The minimum absolute atomic E-state index is 0.209. The van der Waals surface area contributed by atoms with Crippen LogP contribution < -0.4 is 0 Å². The molecule has 0 bridgehead atoms. The molecule has 0 saturated heterocycles. The lowest BCUT2D eigenvalue weighted by atomic mass is 10.0. The maximum absolute atomic E-state index is 14.3. The van der Waals surface area contributed by atoms with Crippen LogP contribution in [0.25, 0.3) is 22.2 Å². The molecule has 1 nitrogen and oxygen atoms in total. The summed E-state index contributed by atoms with van der Waals surface area (Å²) in [6.45, 7) is 3.92. The number of pyridine rings is 1. The Balaban J connectivity index is 2.27.